The first-order valence-corrected chi connectivity index (χ1v) is 6.55. The Morgan fingerprint density at radius 3 is 2.35 bits per heavy atom. The molecule has 0 aliphatic heterocycles. The summed E-state index contributed by atoms with van der Waals surface area (Å²) >= 11 is 6.70. The number of aliphatic hydroxyl groups excluding tert-OH is 1. The van der Waals surface area contributed by atoms with E-state index in [4.69, 9.17) is 0 Å². The van der Waals surface area contributed by atoms with Crippen LogP contribution >= 0.6 is 31.9 Å². The van der Waals surface area contributed by atoms with Crippen molar-refractivity contribution < 1.29 is 9.50 Å². The molecule has 4 heteroatoms. The first-order chi connectivity index (χ1) is 8.09. The fraction of sp³-hybridized carbons (Fsp3) is 0.0769. The lowest BCUT2D eigenvalue weighted by atomic mass is 10.0. The largest absolute Gasteiger partial charge is 0.384 e. The zero-order valence-corrected chi connectivity index (χ0v) is 11.9. The van der Waals surface area contributed by atoms with Crippen molar-refractivity contribution in [1.29, 1.82) is 0 Å². The van der Waals surface area contributed by atoms with Crippen LogP contribution in [0.4, 0.5) is 4.39 Å². The van der Waals surface area contributed by atoms with Gasteiger partial charge in [0.05, 0.1) is 0 Å². The van der Waals surface area contributed by atoms with E-state index in [1.54, 1.807) is 30.3 Å². The van der Waals surface area contributed by atoms with Gasteiger partial charge in [-0.3, -0.25) is 0 Å². The van der Waals surface area contributed by atoms with Crippen molar-refractivity contribution in [2.45, 2.75) is 6.10 Å². The molecule has 0 saturated heterocycles. The van der Waals surface area contributed by atoms with E-state index in [1.807, 2.05) is 6.07 Å². The summed E-state index contributed by atoms with van der Waals surface area (Å²) in [5.41, 5.74) is 0.923. The molecule has 2 aromatic carbocycles. The molecule has 88 valence electrons. The van der Waals surface area contributed by atoms with Gasteiger partial charge >= 0.3 is 0 Å². The van der Waals surface area contributed by atoms with Crippen molar-refractivity contribution in [2.24, 2.45) is 0 Å². The summed E-state index contributed by atoms with van der Waals surface area (Å²) in [6, 6.07) is 11.6. The number of benzene rings is 2. The molecule has 1 nitrogen and oxygen atoms in total. The van der Waals surface area contributed by atoms with E-state index in [1.165, 1.54) is 6.07 Å². The number of aliphatic hydroxyl groups is 1. The summed E-state index contributed by atoms with van der Waals surface area (Å²) in [7, 11) is 0. The van der Waals surface area contributed by atoms with Gasteiger partial charge in [0.15, 0.2) is 0 Å². The van der Waals surface area contributed by atoms with E-state index in [-0.39, 0.29) is 5.56 Å². The van der Waals surface area contributed by atoms with Crippen LogP contribution in [0.5, 0.6) is 0 Å². The molecule has 1 atom stereocenters. The van der Waals surface area contributed by atoms with Gasteiger partial charge in [0.25, 0.3) is 0 Å². The Hall–Kier alpha value is -0.710. The van der Waals surface area contributed by atoms with E-state index >= 15 is 0 Å². The van der Waals surface area contributed by atoms with Crippen molar-refractivity contribution in [3.8, 4) is 0 Å². The van der Waals surface area contributed by atoms with Gasteiger partial charge in [0.1, 0.15) is 11.9 Å². The molecule has 0 heterocycles. The van der Waals surface area contributed by atoms with E-state index in [2.05, 4.69) is 31.9 Å². The molecule has 0 fully saturated rings. The van der Waals surface area contributed by atoms with Crippen molar-refractivity contribution >= 4 is 31.9 Å². The van der Waals surface area contributed by atoms with E-state index in [0.717, 1.165) is 8.95 Å². The van der Waals surface area contributed by atoms with Gasteiger partial charge in [-0.05, 0) is 55.6 Å². The summed E-state index contributed by atoms with van der Waals surface area (Å²) in [5, 5.41) is 10.1. The lowest BCUT2D eigenvalue weighted by Gasteiger charge is -2.13. The Kier molecular flexibility index (Phi) is 3.97. The molecule has 0 radical (unpaired) electrons. The second-order valence-corrected chi connectivity index (χ2v) is 5.31. The topological polar surface area (TPSA) is 20.2 Å². The quantitative estimate of drug-likeness (QED) is 0.840. The fourth-order valence-corrected chi connectivity index (χ4v) is 2.20. The molecule has 17 heavy (non-hydrogen) atoms. The van der Waals surface area contributed by atoms with Gasteiger partial charge in [0, 0.05) is 14.5 Å². The number of hydrogen-bond acceptors (Lipinski definition) is 1. The van der Waals surface area contributed by atoms with Gasteiger partial charge < -0.3 is 5.11 Å². The maximum Gasteiger partial charge on any atom is 0.129 e. The van der Waals surface area contributed by atoms with Gasteiger partial charge in [-0.15, -0.1) is 0 Å². The van der Waals surface area contributed by atoms with Crippen LogP contribution in [0.1, 0.15) is 17.2 Å². The Bertz CT molecular complexity index is 543. The lowest BCUT2D eigenvalue weighted by molar-refractivity contribution is 0.215. The van der Waals surface area contributed by atoms with E-state index < -0.39 is 11.9 Å². The monoisotopic (exact) mass is 358 g/mol. The minimum Gasteiger partial charge on any atom is -0.384 e. The van der Waals surface area contributed by atoms with E-state index in [0.29, 0.717) is 5.56 Å². The average Bonchev–Trinajstić information content (AvgIpc) is 2.32. The molecule has 0 aliphatic carbocycles. The minimum atomic E-state index is -0.958. The second-order valence-electron chi connectivity index (χ2n) is 3.60. The van der Waals surface area contributed by atoms with E-state index in [9.17, 15) is 9.50 Å². The van der Waals surface area contributed by atoms with Crippen LogP contribution in [0.15, 0.2) is 51.4 Å². The van der Waals surface area contributed by atoms with Crippen LogP contribution in [0.25, 0.3) is 0 Å². The molecule has 0 bridgehead atoms. The maximum absolute atomic E-state index is 13.5. The van der Waals surface area contributed by atoms with Crippen molar-refractivity contribution in [3.05, 3.63) is 68.4 Å². The lowest BCUT2D eigenvalue weighted by Crippen LogP contribution is -2.02. The van der Waals surface area contributed by atoms with Crippen molar-refractivity contribution in [1.82, 2.24) is 0 Å². The summed E-state index contributed by atoms with van der Waals surface area (Å²) in [6.07, 6.45) is -0.958. The van der Waals surface area contributed by atoms with Crippen LogP contribution in [0.3, 0.4) is 0 Å². The third kappa shape index (κ3) is 2.76. The molecule has 0 saturated carbocycles. The second kappa shape index (κ2) is 5.29. The van der Waals surface area contributed by atoms with Gasteiger partial charge in [0.2, 0.25) is 0 Å². The van der Waals surface area contributed by atoms with Crippen LogP contribution in [0.2, 0.25) is 0 Å². The highest BCUT2D eigenvalue weighted by Crippen LogP contribution is 2.30. The van der Waals surface area contributed by atoms with Crippen molar-refractivity contribution in [3.63, 3.8) is 0 Å². The predicted octanol–water partition coefficient (Wildman–Crippen LogP) is 4.43. The average molecular weight is 360 g/mol. The zero-order valence-electron chi connectivity index (χ0n) is 8.70. The Morgan fingerprint density at radius 2 is 1.71 bits per heavy atom. The Balaban J connectivity index is 2.40. The standard InChI is InChI=1S/C13H9Br2FO/c14-10-6-5-8(7-11(10)15)13(17)9-3-1-2-4-12(9)16/h1-7,13,17H. The molecule has 0 spiro atoms. The normalized spacial score (nSPS) is 12.5. The molecule has 2 aromatic rings. The highest BCUT2D eigenvalue weighted by Gasteiger charge is 2.15. The summed E-state index contributed by atoms with van der Waals surface area (Å²) in [4.78, 5) is 0. The summed E-state index contributed by atoms with van der Waals surface area (Å²) in [5.74, 6) is -0.404. The van der Waals surface area contributed by atoms with Crippen LogP contribution in [-0.2, 0) is 0 Å². The van der Waals surface area contributed by atoms with Gasteiger partial charge in [-0.25, -0.2) is 4.39 Å². The SMILES string of the molecule is OC(c1ccc(Br)c(Br)c1)c1ccccc1F. The molecule has 1 N–H and O–H groups in total. The third-order valence-electron chi connectivity index (χ3n) is 2.46. The van der Waals surface area contributed by atoms with Crippen LogP contribution in [0, 0.1) is 5.82 Å². The number of halogens is 3. The molecular weight excluding hydrogens is 351 g/mol. The molecular formula is C13H9Br2FO. The Labute approximate surface area is 116 Å². The number of rotatable bonds is 2. The fourth-order valence-electron chi connectivity index (χ4n) is 1.56. The van der Waals surface area contributed by atoms with Crippen molar-refractivity contribution in [2.75, 3.05) is 0 Å². The molecule has 0 amide bonds. The minimum absolute atomic E-state index is 0.279. The summed E-state index contributed by atoms with van der Waals surface area (Å²) in [6.45, 7) is 0. The van der Waals surface area contributed by atoms with Gasteiger partial charge in [-0.1, -0.05) is 24.3 Å². The number of hydrogen-bond donors (Lipinski definition) is 1. The van der Waals surface area contributed by atoms with Gasteiger partial charge in [-0.2, -0.15) is 0 Å². The van der Waals surface area contributed by atoms with Crippen LogP contribution < -0.4 is 0 Å². The first kappa shape index (κ1) is 12.7. The van der Waals surface area contributed by atoms with Crippen LogP contribution in [-0.4, -0.2) is 5.11 Å². The zero-order chi connectivity index (χ0) is 12.4. The smallest absolute Gasteiger partial charge is 0.129 e. The third-order valence-corrected chi connectivity index (χ3v) is 4.34. The molecule has 2 rings (SSSR count). The summed E-state index contributed by atoms with van der Waals surface area (Å²) < 4.78 is 15.2. The molecule has 0 aromatic heterocycles. The Morgan fingerprint density at radius 1 is 1.00 bits per heavy atom. The first-order valence-electron chi connectivity index (χ1n) is 4.97. The highest BCUT2D eigenvalue weighted by molar-refractivity contribution is 9.13. The maximum atomic E-state index is 13.5. The molecule has 0 aliphatic rings. The predicted molar refractivity (Wildman–Crippen MR) is 72.3 cm³/mol. The highest BCUT2D eigenvalue weighted by atomic mass is 79.9. The molecule has 1 unspecified atom stereocenters.